The van der Waals surface area contributed by atoms with Gasteiger partial charge in [0.05, 0.1) is 0 Å². The lowest BCUT2D eigenvalue weighted by atomic mass is 9.59. The normalized spacial score (nSPS) is 30.3. The van der Waals surface area contributed by atoms with Gasteiger partial charge in [-0.2, -0.15) is 0 Å². The van der Waals surface area contributed by atoms with Crippen LogP contribution in [0.2, 0.25) is 0 Å². The zero-order valence-electron chi connectivity index (χ0n) is 14.9. The third-order valence-corrected chi connectivity index (χ3v) is 6.40. The van der Waals surface area contributed by atoms with Gasteiger partial charge in [-0.15, -0.1) is 0 Å². The Morgan fingerprint density at radius 3 is 2.83 bits per heavy atom. The summed E-state index contributed by atoms with van der Waals surface area (Å²) in [6, 6.07) is 6.72. The fourth-order valence-electron chi connectivity index (χ4n) is 4.56. The Kier molecular flexibility index (Phi) is 4.26. The predicted octanol–water partition coefficient (Wildman–Crippen LogP) is 3.36. The van der Waals surface area contributed by atoms with Gasteiger partial charge in [-0.05, 0) is 72.9 Å². The molecule has 3 atom stereocenters. The van der Waals surface area contributed by atoms with Gasteiger partial charge in [0.15, 0.2) is 0 Å². The van der Waals surface area contributed by atoms with Crippen molar-refractivity contribution < 1.29 is 4.79 Å². The molecule has 0 spiro atoms. The van der Waals surface area contributed by atoms with Crippen molar-refractivity contribution in [3.8, 4) is 0 Å². The van der Waals surface area contributed by atoms with E-state index in [9.17, 15) is 4.79 Å². The maximum atomic E-state index is 11.6. The summed E-state index contributed by atoms with van der Waals surface area (Å²) in [6.07, 6.45) is 3.54. The molecule has 1 saturated heterocycles. The van der Waals surface area contributed by atoms with Gasteiger partial charge < -0.3 is 5.73 Å². The van der Waals surface area contributed by atoms with E-state index >= 15 is 0 Å². The van der Waals surface area contributed by atoms with Gasteiger partial charge in [-0.25, -0.2) is 0 Å². The SMILES string of the molecule is CC(C)CCN1CC[C@]2(C)c3cc(C(N)=O)ccc3CC1[C@@H]2C. The average Bonchev–Trinajstić information content (AvgIpc) is 2.49. The van der Waals surface area contributed by atoms with E-state index in [4.69, 9.17) is 5.73 Å². The number of carbonyl (C=O) groups excluding carboxylic acids is 1. The zero-order chi connectivity index (χ0) is 16.8. The lowest BCUT2D eigenvalue weighted by Gasteiger charge is -2.55. The first-order chi connectivity index (χ1) is 10.8. The van der Waals surface area contributed by atoms with Crippen LogP contribution in [0.5, 0.6) is 0 Å². The first-order valence-electron chi connectivity index (χ1n) is 9.00. The summed E-state index contributed by atoms with van der Waals surface area (Å²) in [5.41, 5.74) is 9.09. The largest absolute Gasteiger partial charge is 0.366 e. The minimum absolute atomic E-state index is 0.165. The van der Waals surface area contributed by atoms with Crippen molar-refractivity contribution in [3.63, 3.8) is 0 Å². The van der Waals surface area contributed by atoms with E-state index in [0.717, 1.165) is 18.8 Å². The van der Waals surface area contributed by atoms with E-state index < -0.39 is 0 Å². The Hall–Kier alpha value is -1.35. The molecule has 1 heterocycles. The van der Waals surface area contributed by atoms with Crippen LogP contribution in [0.15, 0.2) is 18.2 Å². The summed E-state index contributed by atoms with van der Waals surface area (Å²) >= 11 is 0. The molecule has 23 heavy (non-hydrogen) atoms. The number of fused-ring (bicyclic) bond motifs is 4. The molecule has 1 aliphatic carbocycles. The Bertz CT molecular complexity index is 610. The highest BCUT2D eigenvalue weighted by atomic mass is 16.1. The molecule has 0 saturated carbocycles. The Morgan fingerprint density at radius 1 is 1.43 bits per heavy atom. The van der Waals surface area contributed by atoms with Crippen LogP contribution in [0.1, 0.15) is 62.0 Å². The molecule has 2 N–H and O–H groups in total. The van der Waals surface area contributed by atoms with Crippen molar-refractivity contribution in [1.29, 1.82) is 0 Å². The lowest BCUT2D eigenvalue weighted by Crippen LogP contribution is -2.58. The van der Waals surface area contributed by atoms with E-state index in [0.29, 0.717) is 17.5 Å². The average molecular weight is 314 g/mol. The molecule has 1 unspecified atom stereocenters. The zero-order valence-corrected chi connectivity index (χ0v) is 14.9. The number of hydrogen-bond acceptors (Lipinski definition) is 2. The maximum Gasteiger partial charge on any atom is 0.248 e. The fraction of sp³-hybridized carbons (Fsp3) is 0.650. The van der Waals surface area contributed by atoms with Gasteiger partial charge in [-0.3, -0.25) is 9.69 Å². The number of carbonyl (C=O) groups is 1. The molecular formula is C20H30N2O. The van der Waals surface area contributed by atoms with E-state index in [1.807, 2.05) is 6.07 Å². The highest BCUT2D eigenvalue weighted by Crippen LogP contribution is 2.48. The van der Waals surface area contributed by atoms with Gasteiger partial charge in [0, 0.05) is 11.6 Å². The fourth-order valence-corrected chi connectivity index (χ4v) is 4.56. The first kappa shape index (κ1) is 16.5. The van der Waals surface area contributed by atoms with Crippen molar-refractivity contribution in [1.82, 2.24) is 4.90 Å². The molecule has 3 nitrogen and oxygen atoms in total. The molecule has 3 heteroatoms. The first-order valence-corrected chi connectivity index (χ1v) is 9.00. The number of benzene rings is 1. The molecular weight excluding hydrogens is 284 g/mol. The van der Waals surface area contributed by atoms with Crippen LogP contribution in [-0.4, -0.2) is 29.9 Å². The Balaban J connectivity index is 1.93. The van der Waals surface area contributed by atoms with E-state index in [1.165, 1.54) is 30.6 Å². The van der Waals surface area contributed by atoms with Crippen molar-refractivity contribution in [2.24, 2.45) is 17.6 Å². The van der Waals surface area contributed by atoms with Crippen molar-refractivity contribution >= 4 is 5.91 Å². The third kappa shape index (κ3) is 2.80. The van der Waals surface area contributed by atoms with Crippen LogP contribution < -0.4 is 5.73 Å². The molecule has 1 amide bonds. The van der Waals surface area contributed by atoms with E-state index in [-0.39, 0.29) is 11.3 Å². The van der Waals surface area contributed by atoms with Crippen molar-refractivity contribution in [3.05, 3.63) is 34.9 Å². The number of primary amides is 1. The Morgan fingerprint density at radius 2 is 2.17 bits per heavy atom. The summed E-state index contributed by atoms with van der Waals surface area (Å²) in [5.74, 6) is 1.05. The number of rotatable bonds is 4. The number of likely N-dealkylation sites (tertiary alicyclic amines) is 1. The molecule has 2 aliphatic rings. The van der Waals surface area contributed by atoms with Crippen LogP contribution >= 0.6 is 0 Å². The van der Waals surface area contributed by atoms with Gasteiger partial charge in [0.1, 0.15) is 0 Å². The lowest BCUT2D eigenvalue weighted by molar-refractivity contribution is 0.0287. The topological polar surface area (TPSA) is 46.3 Å². The van der Waals surface area contributed by atoms with Crippen LogP contribution in [0, 0.1) is 11.8 Å². The summed E-state index contributed by atoms with van der Waals surface area (Å²) in [5, 5.41) is 0. The second-order valence-corrected chi connectivity index (χ2v) is 8.18. The van der Waals surface area contributed by atoms with Gasteiger partial charge in [0.25, 0.3) is 0 Å². The van der Waals surface area contributed by atoms with Gasteiger partial charge >= 0.3 is 0 Å². The predicted molar refractivity (Wildman–Crippen MR) is 94.6 cm³/mol. The van der Waals surface area contributed by atoms with Crippen LogP contribution in [0.25, 0.3) is 0 Å². The molecule has 1 aliphatic heterocycles. The summed E-state index contributed by atoms with van der Waals surface area (Å²) < 4.78 is 0. The van der Waals surface area contributed by atoms with Gasteiger partial charge in [0.2, 0.25) is 5.91 Å². The molecule has 2 bridgehead atoms. The minimum Gasteiger partial charge on any atom is -0.366 e. The minimum atomic E-state index is -0.319. The van der Waals surface area contributed by atoms with Crippen molar-refractivity contribution in [2.45, 2.75) is 58.4 Å². The molecule has 1 fully saturated rings. The molecule has 1 aromatic carbocycles. The monoisotopic (exact) mass is 314 g/mol. The van der Waals surface area contributed by atoms with Gasteiger partial charge in [-0.1, -0.05) is 33.8 Å². The second-order valence-electron chi connectivity index (χ2n) is 8.18. The number of amides is 1. The standard InChI is InChI=1S/C20H30N2O/c1-13(2)7-9-22-10-8-20(4)14(3)18(22)12-15-5-6-16(19(21)23)11-17(15)20/h5-6,11,13-14,18H,7-10,12H2,1-4H3,(H2,21,23)/t14-,18?,20-/m0/s1. The Labute approximate surface area is 140 Å². The molecule has 126 valence electrons. The molecule has 0 aromatic heterocycles. The third-order valence-electron chi connectivity index (χ3n) is 6.40. The second kappa shape index (κ2) is 5.94. The number of piperidine rings is 1. The summed E-state index contributed by atoms with van der Waals surface area (Å²) in [4.78, 5) is 14.3. The molecule has 3 rings (SSSR count). The maximum absolute atomic E-state index is 11.6. The number of nitrogens with zero attached hydrogens (tertiary/aromatic N) is 1. The van der Waals surface area contributed by atoms with Crippen molar-refractivity contribution in [2.75, 3.05) is 13.1 Å². The van der Waals surface area contributed by atoms with E-state index in [2.05, 4.69) is 44.7 Å². The van der Waals surface area contributed by atoms with E-state index in [1.54, 1.807) is 0 Å². The smallest absolute Gasteiger partial charge is 0.248 e. The number of nitrogens with two attached hydrogens (primary N) is 1. The van der Waals surface area contributed by atoms with Crippen LogP contribution in [0.4, 0.5) is 0 Å². The number of hydrogen-bond donors (Lipinski definition) is 1. The summed E-state index contributed by atoms with van der Waals surface area (Å²) in [6.45, 7) is 11.8. The highest BCUT2D eigenvalue weighted by Gasteiger charge is 2.48. The quantitative estimate of drug-likeness (QED) is 0.926. The molecule has 0 radical (unpaired) electrons. The molecule has 1 aromatic rings. The van der Waals surface area contributed by atoms with Crippen LogP contribution in [0.3, 0.4) is 0 Å². The highest BCUT2D eigenvalue weighted by molar-refractivity contribution is 5.93. The van der Waals surface area contributed by atoms with Crippen LogP contribution in [-0.2, 0) is 11.8 Å². The summed E-state index contributed by atoms with van der Waals surface area (Å²) in [7, 11) is 0.